The molecule has 4 nitrogen and oxygen atoms in total. The van der Waals surface area contributed by atoms with E-state index in [1.54, 1.807) is 6.07 Å². The van der Waals surface area contributed by atoms with Gasteiger partial charge in [0, 0.05) is 54.2 Å². The van der Waals surface area contributed by atoms with E-state index in [1.807, 2.05) is 132 Å². The Morgan fingerprint density at radius 3 is 2.13 bits per heavy atom. The van der Waals surface area contributed by atoms with Gasteiger partial charge in [-0.05, 0) is 69.4 Å². The number of hydrogen-bond donors (Lipinski definition) is 0. The minimum Gasteiger partial charge on any atom is -0.500 e. The van der Waals surface area contributed by atoms with Gasteiger partial charge in [-0.15, -0.1) is 48.0 Å². The number of benzene rings is 7. The molecule has 309 valence electrons. The number of para-hydroxylation sites is 2. The van der Waals surface area contributed by atoms with Crippen molar-refractivity contribution in [1.82, 2.24) is 14.5 Å². The first-order valence-electron chi connectivity index (χ1n) is 20.4. The molecule has 0 N–H and O–H groups in total. The molecule has 0 fully saturated rings. The molecule has 0 aliphatic rings. The van der Waals surface area contributed by atoms with E-state index in [-0.39, 0.29) is 31.3 Å². The summed E-state index contributed by atoms with van der Waals surface area (Å²) in [5, 5.41) is 2.46. The summed E-state index contributed by atoms with van der Waals surface area (Å²) in [4.78, 5) is 9.50. The number of halogens is 2. The number of furan rings is 1. The van der Waals surface area contributed by atoms with Gasteiger partial charge in [0.1, 0.15) is 11.4 Å². The minimum atomic E-state index is -1.23. The smallest absolute Gasteiger partial charge is 0.131 e. The summed E-state index contributed by atoms with van der Waals surface area (Å²) in [5.41, 5.74) is 8.99. The van der Waals surface area contributed by atoms with Gasteiger partial charge in [0.2, 0.25) is 0 Å². The standard InChI is InChI=1S/C40H27F2N2O.C14H16NSi.Ir/c1-40(2,26-13-7-4-8-14-26)27-17-19-29-36(23-27)45-38-30(20-22-33(42)37(29)38)39-43-34-15-9-10-16-35(34)44(39)28-18-21-32(41)31(24-28)25-11-5-3-6-12-25;1-16(2,3)13-9-10-14(15-11-13)12-7-5-4-6-8-12;/h3-19,21-24H,1-2H3;4-7,9-11H,1-3H3;/q2*-1;. The SMILES string of the molecule is CC(C)(c1ccccc1)c1ccc2c(c1)oc1c(-c3nc4ccccc4n3-c3ccc(F)c(-c4ccccc4)c3)[c-]cc(F)c12.C[Si](C)(C)c1ccc(-c2[c-]cccc2)nc1.[Ir]. The van der Waals surface area contributed by atoms with Crippen LogP contribution in [-0.2, 0) is 25.5 Å². The Bertz CT molecular complexity index is 3160. The summed E-state index contributed by atoms with van der Waals surface area (Å²) in [6, 6.07) is 58.4. The molecule has 0 unspecified atom stereocenters. The zero-order valence-electron chi connectivity index (χ0n) is 35.0. The third-order valence-electron chi connectivity index (χ3n) is 11.4. The molecule has 10 aromatic rings. The summed E-state index contributed by atoms with van der Waals surface area (Å²) >= 11 is 0. The van der Waals surface area contributed by atoms with Gasteiger partial charge in [-0.2, -0.15) is 0 Å². The minimum absolute atomic E-state index is 0. The Morgan fingerprint density at radius 1 is 0.694 bits per heavy atom. The Kier molecular flexibility index (Phi) is 11.8. The predicted octanol–water partition coefficient (Wildman–Crippen LogP) is 13.8. The maximum Gasteiger partial charge on any atom is 0.131 e. The van der Waals surface area contributed by atoms with Crippen LogP contribution in [-0.4, -0.2) is 22.6 Å². The number of hydrogen-bond acceptors (Lipinski definition) is 3. The van der Waals surface area contributed by atoms with Gasteiger partial charge < -0.3 is 14.0 Å². The molecule has 0 bridgehead atoms. The number of nitrogens with zero attached hydrogens (tertiary/aromatic N) is 3. The second kappa shape index (κ2) is 17.2. The van der Waals surface area contributed by atoms with E-state index in [0.717, 1.165) is 33.4 Å². The van der Waals surface area contributed by atoms with E-state index in [9.17, 15) is 0 Å². The summed E-state index contributed by atoms with van der Waals surface area (Å²) in [6.07, 6.45) is 2.02. The molecule has 0 amide bonds. The van der Waals surface area contributed by atoms with Crippen molar-refractivity contribution in [2.75, 3.05) is 0 Å². The zero-order valence-corrected chi connectivity index (χ0v) is 38.4. The molecule has 0 aliphatic carbocycles. The summed E-state index contributed by atoms with van der Waals surface area (Å²) in [5.74, 6) is -0.215. The molecule has 0 saturated carbocycles. The number of pyridine rings is 1. The van der Waals surface area contributed by atoms with Crippen LogP contribution in [0.2, 0.25) is 19.6 Å². The normalized spacial score (nSPS) is 11.7. The number of fused-ring (bicyclic) bond motifs is 4. The molecule has 62 heavy (non-hydrogen) atoms. The molecular weight excluding hydrogens is 965 g/mol. The molecular formula is C54H43F2IrN3OSi-2. The first kappa shape index (κ1) is 42.4. The van der Waals surface area contributed by atoms with Gasteiger partial charge >= 0.3 is 0 Å². The molecule has 10 rings (SSSR count). The van der Waals surface area contributed by atoms with Gasteiger partial charge in [-0.1, -0.05) is 136 Å². The molecule has 1 radical (unpaired) electrons. The van der Waals surface area contributed by atoms with E-state index >= 15 is 8.78 Å². The Morgan fingerprint density at radius 2 is 1.42 bits per heavy atom. The zero-order chi connectivity index (χ0) is 42.3. The van der Waals surface area contributed by atoms with Gasteiger partial charge in [0.15, 0.2) is 0 Å². The first-order chi connectivity index (χ1) is 29.5. The van der Waals surface area contributed by atoms with Crippen molar-refractivity contribution in [3.8, 4) is 39.5 Å². The van der Waals surface area contributed by atoms with Crippen LogP contribution in [0, 0.1) is 23.8 Å². The molecule has 0 saturated heterocycles. The summed E-state index contributed by atoms with van der Waals surface area (Å²) in [6.45, 7) is 11.3. The van der Waals surface area contributed by atoms with Crippen LogP contribution in [0.5, 0.6) is 0 Å². The van der Waals surface area contributed by atoms with Crippen molar-refractivity contribution in [3.63, 3.8) is 0 Å². The number of rotatable bonds is 7. The van der Waals surface area contributed by atoms with Crippen LogP contribution < -0.4 is 5.19 Å². The van der Waals surface area contributed by atoms with Gasteiger partial charge in [0.25, 0.3) is 0 Å². The molecule has 3 aromatic heterocycles. The average Bonchev–Trinajstić information content (AvgIpc) is 3.87. The third-order valence-corrected chi connectivity index (χ3v) is 13.4. The maximum absolute atomic E-state index is 15.6. The molecule has 0 atom stereocenters. The van der Waals surface area contributed by atoms with Crippen molar-refractivity contribution in [2.24, 2.45) is 0 Å². The topological polar surface area (TPSA) is 43.9 Å². The first-order valence-corrected chi connectivity index (χ1v) is 23.9. The Hall–Kier alpha value is -6.31. The fourth-order valence-electron chi connectivity index (χ4n) is 7.86. The summed E-state index contributed by atoms with van der Waals surface area (Å²) < 4.78 is 39.2. The number of aromatic nitrogens is 3. The van der Waals surface area contributed by atoms with E-state index in [4.69, 9.17) is 9.40 Å². The van der Waals surface area contributed by atoms with Crippen LogP contribution >= 0.6 is 0 Å². The van der Waals surface area contributed by atoms with Crippen LogP contribution in [0.4, 0.5) is 8.78 Å². The van der Waals surface area contributed by atoms with E-state index < -0.39 is 13.9 Å². The largest absolute Gasteiger partial charge is 0.500 e. The van der Waals surface area contributed by atoms with Crippen molar-refractivity contribution in [2.45, 2.75) is 38.9 Å². The average molecular weight is 1010 g/mol. The third kappa shape index (κ3) is 8.09. The molecule has 0 spiro atoms. The maximum atomic E-state index is 15.6. The molecule has 7 aromatic carbocycles. The second-order valence-corrected chi connectivity index (χ2v) is 21.8. The second-order valence-electron chi connectivity index (χ2n) is 16.8. The molecule has 0 aliphatic heterocycles. The van der Waals surface area contributed by atoms with Crippen molar-refractivity contribution >= 4 is 46.2 Å². The predicted molar refractivity (Wildman–Crippen MR) is 248 cm³/mol. The van der Waals surface area contributed by atoms with Gasteiger partial charge in [0.05, 0.1) is 30.5 Å². The van der Waals surface area contributed by atoms with Crippen molar-refractivity contribution in [3.05, 3.63) is 205 Å². The van der Waals surface area contributed by atoms with Gasteiger partial charge in [-0.3, -0.25) is 9.37 Å². The quantitative estimate of drug-likeness (QED) is 0.118. The summed E-state index contributed by atoms with van der Waals surface area (Å²) in [7, 11) is -1.23. The number of imidazole rings is 1. The van der Waals surface area contributed by atoms with Crippen molar-refractivity contribution in [1.29, 1.82) is 0 Å². The fraction of sp³-hybridized carbons (Fsp3) is 0.111. The van der Waals surface area contributed by atoms with Crippen LogP contribution in [0.15, 0.2) is 174 Å². The fourth-order valence-corrected chi connectivity index (χ4v) is 8.89. The Balaban J connectivity index is 0.000000263. The molecule has 3 heterocycles. The monoisotopic (exact) mass is 1010 g/mol. The van der Waals surface area contributed by atoms with E-state index in [0.29, 0.717) is 44.6 Å². The Labute approximate surface area is 375 Å². The van der Waals surface area contributed by atoms with Gasteiger partial charge in [-0.25, -0.2) is 4.39 Å². The van der Waals surface area contributed by atoms with Crippen LogP contribution in [0.1, 0.15) is 25.0 Å². The van der Waals surface area contributed by atoms with E-state index in [1.165, 1.54) is 22.9 Å². The van der Waals surface area contributed by atoms with E-state index in [2.05, 4.69) is 74.9 Å². The van der Waals surface area contributed by atoms with Crippen LogP contribution in [0.3, 0.4) is 0 Å². The van der Waals surface area contributed by atoms with Crippen molar-refractivity contribution < 1.29 is 33.3 Å². The van der Waals surface area contributed by atoms with Crippen LogP contribution in [0.25, 0.3) is 72.4 Å². The molecule has 8 heteroatoms.